The van der Waals surface area contributed by atoms with E-state index in [1.54, 1.807) is 11.8 Å². The molecule has 0 aliphatic carbocycles. The van der Waals surface area contributed by atoms with E-state index in [1.807, 2.05) is 0 Å². The Balaban J connectivity index is 1.69. The molecule has 1 N–H and O–H groups in total. The summed E-state index contributed by atoms with van der Waals surface area (Å²) in [5.41, 5.74) is 0.0737. The minimum absolute atomic E-state index is 0.141. The molecule has 2 heterocycles. The Labute approximate surface area is 154 Å². The maximum absolute atomic E-state index is 12.6. The number of alkyl halides is 3. The molecule has 6 nitrogen and oxygen atoms in total. The van der Waals surface area contributed by atoms with E-state index in [4.69, 9.17) is 0 Å². The van der Waals surface area contributed by atoms with Gasteiger partial charge in [-0.3, -0.25) is 4.79 Å². The van der Waals surface area contributed by atoms with Crippen LogP contribution in [0.5, 0.6) is 0 Å². The first-order valence-electron chi connectivity index (χ1n) is 8.02. The van der Waals surface area contributed by atoms with Gasteiger partial charge in [0.2, 0.25) is 0 Å². The standard InChI is InChI=1S/C17H16F3N3O3S/c1-11(12-2-5-14(6-3-12)17(18,19)20)21-16(24)13-4-7-15-22-27(25,26)9-8-23(15)10-13/h2-7,10-11H,8-9H2,1H3,(H,21,24). The van der Waals surface area contributed by atoms with Gasteiger partial charge in [0, 0.05) is 12.7 Å². The zero-order valence-corrected chi connectivity index (χ0v) is 15.0. The third-order valence-corrected chi connectivity index (χ3v) is 5.34. The van der Waals surface area contributed by atoms with Crippen LogP contribution in [-0.2, 0) is 21.0 Å². The van der Waals surface area contributed by atoms with Crippen LogP contribution in [0.4, 0.5) is 13.2 Å². The lowest BCUT2D eigenvalue weighted by Crippen LogP contribution is -2.38. The van der Waals surface area contributed by atoms with E-state index in [9.17, 15) is 26.4 Å². The largest absolute Gasteiger partial charge is 0.416 e. The predicted molar refractivity (Wildman–Crippen MR) is 93.2 cm³/mol. The summed E-state index contributed by atoms with van der Waals surface area (Å²) in [6.07, 6.45) is -0.0222. The molecule has 0 fully saturated rings. The quantitative estimate of drug-likeness (QED) is 0.847. The van der Waals surface area contributed by atoms with Crippen molar-refractivity contribution in [2.75, 3.05) is 12.3 Å². The van der Waals surface area contributed by atoms with Gasteiger partial charge in [0.1, 0.15) is 5.84 Å². The highest BCUT2D eigenvalue weighted by Crippen LogP contribution is 2.30. The van der Waals surface area contributed by atoms with Crippen molar-refractivity contribution in [2.24, 2.45) is 4.40 Å². The highest BCUT2D eigenvalue weighted by atomic mass is 32.2. The van der Waals surface area contributed by atoms with Crippen molar-refractivity contribution >= 4 is 21.8 Å². The molecule has 0 saturated carbocycles. The van der Waals surface area contributed by atoms with Crippen molar-refractivity contribution in [1.82, 2.24) is 10.2 Å². The monoisotopic (exact) mass is 399 g/mol. The fourth-order valence-corrected chi connectivity index (χ4v) is 3.63. The van der Waals surface area contributed by atoms with Crippen molar-refractivity contribution < 1.29 is 26.4 Å². The van der Waals surface area contributed by atoms with Gasteiger partial charge in [-0.1, -0.05) is 12.1 Å². The van der Waals surface area contributed by atoms with Crippen LogP contribution in [0, 0.1) is 0 Å². The van der Waals surface area contributed by atoms with Gasteiger partial charge >= 0.3 is 6.18 Å². The molecule has 0 bridgehead atoms. The van der Waals surface area contributed by atoms with Gasteiger partial charge in [-0.2, -0.15) is 13.2 Å². The lowest BCUT2D eigenvalue weighted by molar-refractivity contribution is -0.137. The number of carbonyl (C=O) groups is 1. The normalized spacial score (nSPS) is 19.6. The Morgan fingerprint density at radius 3 is 2.52 bits per heavy atom. The molecule has 10 heteroatoms. The van der Waals surface area contributed by atoms with E-state index in [2.05, 4.69) is 9.71 Å². The topological polar surface area (TPSA) is 78.8 Å². The molecule has 2 aliphatic heterocycles. The van der Waals surface area contributed by atoms with Gasteiger partial charge < -0.3 is 10.2 Å². The predicted octanol–water partition coefficient (Wildman–Crippen LogP) is 2.38. The fraction of sp³-hybridized carbons (Fsp3) is 0.294. The first-order valence-corrected chi connectivity index (χ1v) is 9.63. The molecule has 27 heavy (non-hydrogen) atoms. The number of amidine groups is 1. The molecular weight excluding hydrogens is 383 g/mol. The summed E-state index contributed by atoms with van der Waals surface area (Å²) in [5.74, 6) is -0.322. The number of amides is 1. The maximum Gasteiger partial charge on any atom is 0.416 e. The van der Waals surface area contributed by atoms with Gasteiger partial charge in [-0.15, -0.1) is 4.40 Å². The van der Waals surface area contributed by atoms with Crippen LogP contribution in [0.15, 0.2) is 52.6 Å². The minimum Gasteiger partial charge on any atom is -0.345 e. The Hall–Kier alpha value is -2.62. The number of carbonyl (C=O) groups excluding carboxylic acids is 1. The van der Waals surface area contributed by atoms with Crippen molar-refractivity contribution in [3.63, 3.8) is 0 Å². The third-order valence-electron chi connectivity index (χ3n) is 4.17. The second-order valence-corrected chi connectivity index (χ2v) is 7.92. The lowest BCUT2D eigenvalue weighted by atomic mass is 10.0. The zero-order valence-electron chi connectivity index (χ0n) is 14.2. The van der Waals surface area contributed by atoms with Crippen LogP contribution in [0.3, 0.4) is 0 Å². The molecule has 2 aliphatic rings. The summed E-state index contributed by atoms with van der Waals surface area (Å²) in [4.78, 5) is 14.0. The molecule has 1 atom stereocenters. The van der Waals surface area contributed by atoms with Gasteiger partial charge in [-0.25, -0.2) is 8.42 Å². The second-order valence-electron chi connectivity index (χ2n) is 6.16. The van der Waals surface area contributed by atoms with Crippen LogP contribution < -0.4 is 5.32 Å². The molecule has 1 amide bonds. The molecular formula is C17H16F3N3O3S. The number of halogens is 3. The van der Waals surface area contributed by atoms with Crippen LogP contribution >= 0.6 is 0 Å². The van der Waals surface area contributed by atoms with E-state index < -0.39 is 33.7 Å². The average molecular weight is 399 g/mol. The first kappa shape index (κ1) is 19.2. The van der Waals surface area contributed by atoms with Crippen LogP contribution in [0.25, 0.3) is 0 Å². The number of hydrogen-bond donors (Lipinski definition) is 1. The van der Waals surface area contributed by atoms with Crippen molar-refractivity contribution in [3.05, 3.63) is 59.3 Å². The zero-order chi connectivity index (χ0) is 19.8. The summed E-state index contributed by atoms with van der Waals surface area (Å²) in [6, 6.07) is 4.06. The summed E-state index contributed by atoms with van der Waals surface area (Å²) >= 11 is 0. The number of sulfonamides is 1. The van der Waals surface area contributed by atoms with Crippen LogP contribution in [0.1, 0.15) is 24.1 Å². The van der Waals surface area contributed by atoms with Crippen molar-refractivity contribution in [1.29, 1.82) is 0 Å². The molecule has 0 aromatic heterocycles. The van der Waals surface area contributed by atoms with Crippen LogP contribution in [0.2, 0.25) is 0 Å². The second kappa shape index (κ2) is 6.84. The van der Waals surface area contributed by atoms with Gasteiger partial charge in [0.15, 0.2) is 0 Å². The van der Waals surface area contributed by atoms with E-state index in [-0.39, 0.29) is 18.1 Å². The van der Waals surface area contributed by atoms with E-state index in [1.165, 1.54) is 30.5 Å². The number of nitrogens with one attached hydrogen (secondary N) is 1. The maximum atomic E-state index is 12.6. The third kappa shape index (κ3) is 4.38. The number of rotatable bonds is 3. The van der Waals surface area contributed by atoms with Gasteiger partial charge in [0.05, 0.1) is 22.9 Å². The number of hydrogen-bond acceptors (Lipinski definition) is 4. The highest BCUT2D eigenvalue weighted by Gasteiger charge is 2.30. The molecule has 0 spiro atoms. The molecule has 3 rings (SSSR count). The van der Waals surface area contributed by atoms with E-state index in [0.717, 1.165) is 12.1 Å². The molecule has 1 aromatic rings. The van der Waals surface area contributed by atoms with E-state index >= 15 is 0 Å². The minimum atomic E-state index is -4.41. The smallest absolute Gasteiger partial charge is 0.345 e. The molecule has 144 valence electrons. The number of nitrogens with zero attached hydrogens (tertiary/aromatic N) is 2. The Kier molecular flexibility index (Phi) is 4.85. The molecule has 1 unspecified atom stereocenters. The highest BCUT2D eigenvalue weighted by molar-refractivity contribution is 7.90. The summed E-state index contributed by atoms with van der Waals surface area (Å²) in [6.45, 7) is 1.85. The summed E-state index contributed by atoms with van der Waals surface area (Å²) in [7, 11) is -3.47. The number of benzene rings is 1. The van der Waals surface area contributed by atoms with Crippen molar-refractivity contribution in [3.8, 4) is 0 Å². The average Bonchev–Trinajstić information content (AvgIpc) is 2.59. The first-order chi connectivity index (χ1) is 12.5. The van der Waals surface area contributed by atoms with Crippen LogP contribution in [-0.4, -0.2) is 37.4 Å². The van der Waals surface area contributed by atoms with E-state index in [0.29, 0.717) is 11.1 Å². The van der Waals surface area contributed by atoms with Gasteiger partial charge in [-0.05, 0) is 36.8 Å². The molecule has 0 saturated heterocycles. The summed E-state index contributed by atoms with van der Waals surface area (Å²) < 4.78 is 64.5. The number of fused-ring (bicyclic) bond motifs is 1. The molecule has 1 aromatic carbocycles. The Bertz CT molecular complexity index is 948. The SMILES string of the molecule is CC(NC(=O)C1=CN2CCS(=O)(=O)N=C2C=C1)c1ccc(C(F)(F)F)cc1. The lowest BCUT2D eigenvalue weighted by Gasteiger charge is -2.27. The fourth-order valence-electron chi connectivity index (χ4n) is 2.66. The van der Waals surface area contributed by atoms with Gasteiger partial charge in [0.25, 0.3) is 15.9 Å². The molecule has 0 radical (unpaired) electrons. The Morgan fingerprint density at radius 1 is 1.22 bits per heavy atom. The van der Waals surface area contributed by atoms with Crippen molar-refractivity contribution in [2.45, 2.75) is 19.1 Å². The Morgan fingerprint density at radius 2 is 1.89 bits per heavy atom. The summed E-state index contributed by atoms with van der Waals surface area (Å²) in [5, 5.41) is 2.71.